The van der Waals surface area contributed by atoms with Crippen LogP contribution in [-0.4, -0.2) is 13.7 Å². The fraction of sp³-hybridized carbons (Fsp3) is 0.294. The van der Waals surface area contributed by atoms with Crippen LogP contribution in [0.4, 0.5) is 0 Å². The van der Waals surface area contributed by atoms with E-state index in [1.165, 1.54) is 5.56 Å². The summed E-state index contributed by atoms with van der Waals surface area (Å²) in [6.07, 6.45) is 0. The zero-order chi connectivity index (χ0) is 13.5. The van der Waals surface area contributed by atoms with Gasteiger partial charge in [-0.05, 0) is 0 Å². The molecule has 0 aromatic heterocycles. The Morgan fingerprint density at radius 1 is 1.05 bits per heavy atom. The molecule has 21 heavy (non-hydrogen) atoms. The molecule has 2 aromatic carbocycles. The molecular weight excluding hydrogens is 248 g/mol. The molecule has 0 amide bonds. The van der Waals surface area contributed by atoms with Crippen molar-refractivity contribution in [1.29, 1.82) is 0 Å². The van der Waals surface area contributed by atoms with E-state index in [-0.39, 0.29) is 49.8 Å². The van der Waals surface area contributed by atoms with E-state index < -0.39 is 0 Å². The van der Waals surface area contributed by atoms with E-state index in [0.717, 1.165) is 5.56 Å². The number of hydrogen-bond donors (Lipinski definition) is 0. The van der Waals surface area contributed by atoms with Crippen molar-refractivity contribution in [2.45, 2.75) is 19.0 Å². The summed E-state index contributed by atoms with van der Waals surface area (Å²) in [4.78, 5) is 0. The van der Waals surface area contributed by atoms with Gasteiger partial charge in [-0.15, -0.1) is 6.04 Å². The van der Waals surface area contributed by atoms with Gasteiger partial charge >= 0.3 is 37.7 Å². The van der Waals surface area contributed by atoms with Gasteiger partial charge in [0.2, 0.25) is 0 Å². The first-order chi connectivity index (χ1) is 9.31. The first-order valence-electron chi connectivity index (χ1n) is 6.51. The number of nitrogens with zero attached hydrogens (tertiary/aromatic N) is 1. The molecule has 2 atom stereocenters. The smallest absolute Gasteiger partial charge is 0.649 e. The molecule has 0 radical (unpaired) electrons. The van der Waals surface area contributed by atoms with Gasteiger partial charge < -0.3 is 10.1 Å². The van der Waals surface area contributed by atoms with Crippen LogP contribution in [0.1, 0.15) is 30.1 Å². The van der Waals surface area contributed by atoms with Crippen molar-refractivity contribution in [3.8, 4) is 0 Å². The molecule has 0 aliphatic heterocycles. The summed E-state index contributed by atoms with van der Waals surface area (Å²) in [7, 11) is 1.71. The molecule has 0 aliphatic carbocycles. The molecule has 0 spiro atoms. The van der Waals surface area contributed by atoms with E-state index in [1.807, 2.05) is 36.4 Å². The summed E-state index contributed by atoms with van der Waals surface area (Å²) in [6, 6.07) is 21.7. The fourth-order valence-electron chi connectivity index (χ4n) is 2.08. The SMILES string of the molecule is COC[C@H]([N-][C@@H](C)c1[c-]cccc1)c1ccccc1.[Li+].[Li+]. The van der Waals surface area contributed by atoms with Crippen molar-refractivity contribution >= 4 is 0 Å². The predicted octanol–water partition coefficient (Wildman–Crippen LogP) is -1.68. The Labute approximate surface area is 152 Å². The summed E-state index contributed by atoms with van der Waals surface area (Å²) >= 11 is 0. The Bertz CT molecular complexity index is 479. The molecule has 0 fully saturated rings. The number of methoxy groups -OCH3 is 1. The number of ether oxygens (including phenoxy) is 1. The Hall–Kier alpha value is -0.445. The van der Waals surface area contributed by atoms with E-state index in [4.69, 9.17) is 10.1 Å². The molecular formula is C17H19Li2NO. The van der Waals surface area contributed by atoms with Crippen molar-refractivity contribution in [2.24, 2.45) is 0 Å². The van der Waals surface area contributed by atoms with Crippen molar-refractivity contribution in [3.05, 3.63) is 77.1 Å². The van der Waals surface area contributed by atoms with Crippen LogP contribution in [0.2, 0.25) is 0 Å². The van der Waals surface area contributed by atoms with Gasteiger partial charge in [0.05, 0.1) is 0 Å². The maximum atomic E-state index is 5.29. The third-order valence-electron chi connectivity index (χ3n) is 3.10. The van der Waals surface area contributed by atoms with Crippen molar-refractivity contribution < 1.29 is 42.5 Å². The minimum Gasteiger partial charge on any atom is -0.649 e. The van der Waals surface area contributed by atoms with Gasteiger partial charge in [0.1, 0.15) is 0 Å². The number of hydrogen-bond acceptors (Lipinski definition) is 1. The summed E-state index contributed by atoms with van der Waals surface area (Å²) < 4.78 is 5.29. The monoisotopic (exact) mass is 267 g/mol. The minimum atomic E-state index is 0. The van der Waals surface area contributed by atoms with Gasteiger partial charge in [-0.3, -0.25) is 0 Å². The van der Waals surface area contributed by atoms with Crippen LogP contribution in [0.15, 0.2) is 54.6 Å². The maximum Gasteiger partial charge on any atom is 1.00 e. The third kappa shape index (κ3) is 6.45. The van der Waals surface area contributed by atoms with Crippen molar-refractivity contribution in [3.63, 3.8) is 0 Å². The molecule has 0 saturated heterocycles. The minimum absolute atomic E-state index is 0. The van der Waals surface area contributed by atoms with Crippen molar-refractivity contribution in [2.75, 3.05) is 13.7 Å². The average Bonchev–Trinajstić information content (AvgIpc) is 2.48. The molecule has 2 aromatic rings. The van der Waals surface area contributed by atoms with E-state index in [9.17, 15) is 0 Å². The second kappa shape index (κ2) is 11.2. The second-order valence-corrected chi connectivity index (χ2v) is 4.52. The van der Waals surface area contributed by atoms with Gasteiger partial charge in [0, 0.05) is 13.7 Å². The molecule has 2 rings (SSSR count). The van der Waals surface area contributed by atoms with Crippen LogP contribution < -0.4 is 37.7 Å². The Kier molecular flexibility index (Phi) is 10.9. The van der Waals surface area contributed by atoms with Gasteiger partial charge in [-0.1, -0.05) is 48.9 Å². The van der Waals surface area contributed by atoms with Crippen LogP contribution in [0.3, 0.4) is 0 Å². The standard InChI is InChI=1S/C17H19NO.2Li/c1-14(15-9-5-3-6-10-15)18-17(13-19-2)16-11-7-4-8-12-16;;/h3-9,11-12,14,17H,13H2,1-2H3;;/q-2;2*+1/t14-,17-;;/m0../s1. The molecule has 0 unspecified atom stereocenters. The molecule has 0 bridgehead atoms. The number of benzene rings is 2. The van der Waals surface area contributed by atoms with E-state index in [0.29, 0.717) is 6.61 Å². The fourth-order valence-corrected chi connectivity index (χ4v) is 2.08. The molecule has 100 valence electrons. The Morgan fingerprint density at radius 3 is 2.29 bits per heavy atom. The summed E-state index contributed by atoms with van der Waals surface area (Å²) in [6.45, 7) is 2.69. The first-order valence-corrected chi connectivity index (χ1v) is 6.51. The third-order valence-corrected chi connectivity index (χ3v) is 3.10. The van der Waals surface area contributed by atoms with Crippen LogP contribution in [-0.2, 0) is 4.74 Å². The average molecular weight is 267 g/mol. The topological polar surface area (TPSA) is 23.3 Å². The van der Waals surface area contributed by atoms with E-state index >= 15 is 0 Å². The van der Waals surface area contributed by atoms with Gasteiger partial charge in [0.25, 0.3) is 0 Å². The Morgan fingerprint density at radius 2 is 1.71 bits per heavy atom. The van der Waals surface area contributed by atoms with E-state index in [1.54, 1.807) is 7.11 Å². The van der Waals surface area contributed by atoms with Crippen molar-refractivity contribution in [1.82, 2.24) is 0 Å². The predicted molar refractivity (Wildman–Crippen MR) is 78.1 cm³/mol. The Balaban J connectivity index is 0.00000200. The van der Waals surface area contributed by atoms with E-state index in [2.05, 4.69) is 31.2 Å². The zero-order valence-corrected chi connectivity index (χ0v) is 13.4. The van der Waals surface area contributed by atoms with Crippen LogP contribution in [0.5, 0.6) is 0 Å². The van der Waals surface area contributed by atoms with Gasteiger partial charge in [-0.2, -0.15) is 35.9 Å². The van der Waals surface area contributed by atoms with Crippen LogP contribution in [0.25, 0.3) is 5.32 Å². The molecule has 2 nitrogen and oxygen atoms in total. The largest absolute Gasteiger partial charge is 1.00 e. The molecule has 0 aliphatic rings. The molecule has 0 saturated carbocycles. The molecule has 4 heteroatoms. The quantitative estimate of drug-likeness (QED) is 0.453. The van der Waals surface area contributed by atoms with Crippen LogP contribution in [0, 0.1) is 6.07 Å². The normalized spacial score (nSPS) is 12.7. The summed E-state index contributed by atoms with van der Waals surface area (Å²) in [5.41, 5.74) is 2.30. The maximum absolute atomic E-state index is 5.29. The molecule has 0 N–H and O–H groups in total. The first kappa shape index (κ1) is 20.6. The summed E-state index contributed by atoms with van der Waals surface area (Å²) in [5.74, 6) is 0. The number of rotatable bonds is 6. The zero-order valence-electron chi connectivity index (χ0n) is 13.4. The van der Waals surface area contributed by atoms with Gasteiger partial charge in [-0.25, -0.2) is 0 Å². The molecule has 0 heterocycles. The summed E-state index contributed by atoms with van der Waals surface area (Å²) in [5, 5.41) is 4.85. The van der Waals surface area contributed by atoms with Gasteiger partial charge in [0.15, 0.2) is 0 Å². The second-order valence-electron chi connectivity index (χ2n) is 4.52. The van der Waals surface area contributed by atoms with Crippen LogP contribution >= 0.6 is 0 Å².